The number of nitrogens with zero attached hydrogens (tertiary/aromatic N) is 1. The normalized spacial score (nSPS) is 24.5. The van der Waals surface area contributed by atoms with Crippen LogP contribution in [0, 0.1) is 17.0 Å². The smallest absolute Gasteiger partial charge is 0.405 e. The lowest BCUT2D eigenvalue weighted by Gasteiger charge is -2.34. The Labute approximate surface area is 130 Å². The van der Waals surface area contributed by atoms with Gasteiger partial charge in [0.1, 0.15) is 0 Å². The maximum atomic E-state index is 11.9. The zero-order valence-corrected chi connectivity index (χ0v) is 13.0. The minimum atomic E-state index is -0.796. The van der Waals surface area contributed by atoms with E-state index in [4.69, 9.17) is 4.74 Å². The van der Waals surface area contributed by atoms with Crippen molar-refractivity contribution < 1.29 is 19.1 Å². The summed E-state index contributed by atoms with van der Waals surface area (Å²) in [5.74, 6) is -0.139. The number of nitrogens with one attached hydrogen (secondary N) is 1. The number of carbonyl (C=O) groups excluding carboxylic acids is 2. The van der Waals surface area contributed by atoms with Gasteiger partial charge in [0, 0.05) is 18.2 Å². The molecule has 1 aliphatic rings. The van der Waals surface area contributed by atoms with E-state index in [2.05, 4.69) is 19.2 Å². The summed E-state index contributed by atoms with van der Waals surface area (Å²) in [5, 5.41) is 14.3. The number of carbonyl (C=O) groups is 2. The van der Waals surface area contributed by atoms with Gasteiger partial charge in [0.15, 0.2) is 12.8 Å². The lowest BCUT2D eigenvalue weighted by molar-refractivity contribution is -0.608. The third-order valence-electron chi connectivity index (χ3n) is 4.42. The number of ether oxygens (including phenoxy) is 1. The fourth-order valence-corrected chi connectivity index (χ4v) is 2.83. The number of aromatic nitrogens is 1. The maximum absolute atomic E-state index is 11.9. The highest BCUT2D eigenvalue weighted by Crippen LogP contribution is 2.29. The van der Waals surface area contributed by atoms with Crippen LogP contribution in [-0.4, -0.2) is 24.5 Å². The van der Waals surface area contributed by atoms with Crippen LogP contribution in [0.5, 0.6) is 0 Å². The molecule has 1 aliphatic carbocycles. The first-order valence-corrected chi connectivity index (χ1v) is 7.63. The van der Waals surface area contributed by atoms with Crippen LogP contribution in [0.3, 0.4) is 0 Å². The summed E-state index contributed by atoms with van der Waals surface area (Å²) >= 11 is 0. The Morgan fingerprint density at radius 3 is 2.86 bits per heavy atom. The molecule has 1 N–H and O–H groups in total. The summed E-state index contributed by atoms with van der Waals surface area (Å²) in [6, 6.07) is 4.56. The molecule has 3 atom stereocenters. The molecule has 0 unspecified atom stereocenters. The molecule has 1 aromatic heterocycles. The molecular formula is C16H22N2O4. The summed E-state index contributed by atoms with van der Waals surface area (Å²) in [7, 11) is 0. The Morgan fingerprint density at radius 1 is 1.36 bits per heavy atom. The van der Waals surface area contributed by atoms with Crippen LogP contribution in [0.1, 0.15) is 43.6 Å². The van der Waals surface area contributed by atoms with E-state index in [1.807, 2.05) is 0 Å². The highest BCUT2D eigenvalue weighted by molar-refractivity contribution is 5.88. The van der Waals surface area contributed by atoms with Crippen LogP contribution in [0.25, 0.3) is 0 Å². The Hall–Kier alpha value is -2.11. The SMILES string of the molecule is C[C@@H]1[C@H](C)CCC[C@@H]1NC(=O)COC(=O)c1cccc[n+]1[O-]. The van der Waals surface area contributed by atoms with E-state index in [1.165, 1.54) is 24.8 Å². The first-order chi connectivity index (χ1) is 10.5. The zero-order valence-electron chi connectivity index (χ0n) is 13.0. The highest BCUT2D eigenvalue weighted by atomic mass is 16.5. The first kappa shape index (κ1) is 16.3. The van der Waals surface area contributed by atoms with Gasteiger partial charge in [0.05, 0.1) is 0 Å². The Morgan fingerprint density at radius 2 is 2.14 bits per heavy atom. The Balaban J connectivity index is 1.83. The molecule has 1 amide bonds. The molecule has 2 rings (SSSR count). The summed E-state index contributed by atoms with van der Waals surface area (Å²) in [6.07, 6.45) is 4.43. The van der Waals surface area contributed by atoms with Crippen LogP contribution in [-0.2, 0) is 9.53 Å². The standard InChI is InChI=1S/C16H22N2O4/c1-11-6-5-7-13(12(11)2)17-15(19)10-22-16(20)14-8-3-4-9-18(14)21/h3-4,8-9,11-13H,5-7,10H2,1-2H3,(H,17,19)/t11-,12-,13+/m1/s1. The molecule has 0 radical (unpaired) electrons. The average molecular weight is 306 g/mol. The molecule has 1 fully saturated rings. The van der Waals surface area contributed by atoms with Gasteiger partial charge in [-0.3, -0.25) is 4.79 Å². The van der Waals surface area contributed by atoms with Crippen molar-refractivity contribution in [1.29, 1.82) is 0 Å². The lowest BCUT2D eigenvalue weighted by atomic mass is 9.78. The molecule has 0 aliphatic heterocycles. The third-order valence-corrected chi connectivity index (χ3v) is 4.42. The summed E-state index contributed by atoms with van der Waals surface area (Å²) < 4.78 is 5.32. The molecule has 22 heavy (non-hydrogen) atoms. The topological polar surface area (TPSA) is 82.3 Å². The van der Waals surface area contributed by atoms with E-state index in [0.717, 1.165) is 12.8 Å². The van der Waals surface area contributed by atoms with Gasteiger partial charge in [-0.25, -0.2) is 4.79 Å². The fourth-order valence-electron chi connectivity index (χ4n) is 2.83. The monoisotopic (exact) mass is 306 g/mol. The number of amides is 1. The number of pyridine rings is 1. The number of hydrogen-bond donors (Lipinski definition) is 1. The predicted molar refractivity (Wildman–Crippen MR) is 79.8 cm³/mol. The van der Waals surface area contributed by atoms with Gasteiger partial charge in [-0.2, -0.15) is 4.73 Å². The molecule has 120 valence electrons. The van der Waals surface area contributed by atoms with Gasteiger partial charge in [0.25, 0.3) is 5.91 Å². The molecular weight excluding hydrogens is 284 g/mol. The van der Waals surface area contributed by atoms with Crippen LogP contribution >= 0.6 is 0 Å². The van der Waals surface area contributed by atoms with E-state index in [0.29, 0.717) is 16.6 Å². The van der Waals surface area contributed by atoms with Gasteiger partial charge >= 0.3 is 11.7 Å². The van der Waals surface area contributed by atoms with Gasteiger partial charge < -0.3 is 15.3 Å². The molecule has 6 heteroatoms. The second-order valence-corrected chi connectivity index (χ2v) is 5.93. The summed E-state index contributed by atoms with van der Waals surface area (Å²) in [5.41, 5.74) is -0.130. The maximum Gasteiger partial charge on any atom is 0.405 e. The lowest BCUT2D eigenvalue weighted by Crippen LogP contribution is -2.45. The van der Waals surface area contributed by atoms with E-state index < -0.39 is 5.97 Å². The fraction of sp³-hybridized carbons (Fsp3) is 0.562. The molecule has 1 aromatic rings. The van der Waals surface area contributed by atoms with Crippen molar-refractivity contribution in [3.63, 3.8) is 0 Å². The Kier molecular flexibility index (Phi) is 5.35. The molecule has 6 nitrogen and oxygen atoms in total. The summed E-state index contributed by atoms with van der Waals surface area (Å²) in [6.45, 7) is 3.95. The second kappa shape index (κ2) is 7.24. The van der Waals surface area contributed by atoms with Crippen LogP contribution in [0.4, 0.5) is 0 Å². The van der Waals surface area contributed by atoms with Crippen molar-refractivity contribution in [2.45, 2.75) is 39.2 Å². The molecule has 1 heterocycles. The van der Waals surface area contributed by atoms with Crippen molar-refractivity contribution in [2.24, 2.45) is 11.8 Å². The molecule has 0 spiro atoms. The molecule has 1 saturated carbocycles. The van der Waals surface area contributed by atoms with Crippen molar-refractivity contribution in [1.82, 2.24) is 5.32 Å². The van der Waals surface area contributed by atoms with Gasteiger partial charge in [0.2, 0.25) is 0 Å². The molecule has 0 aromatic carbocycles. The predicted octanol–water partition coefficient (Wildman–Crippen LogP) is 1.42. The average Bonchev–Trinajstić information content (AvgIpc) is 2.50. The van der Waals surface area contributed by atoms with Gasteiger partial charge in [-0.15, -0.1) is 0 Å². The van der Waals surface area contributed by atoms with Crippen molar-refractivity contribution in [3.8, 4) is 0 Å². The van der Waals surface area contributed by atoms with Crippen LogP contribution < -0.4 is 10.0 Å². The van der Waals surface area contributed by atoms with E-state index in [1.54, 1.807) is 6.07 Å². The number of esters is 1. The number of hydrogen-bond acceptors (Lipinski definition) is 4. The third kappa shape index (κ3) is 3.96. The van der Waals surface area contributed by atoms with E-state index >= 15 is 0 Å². The van der Waals surface area contributed by atoms with Gasteiger partial charge in [-0.05, 0) is 24.3 Å². The van der Waals surface area contributed by atoms with Crippen LogP contribution in [0.2, 0.25) is 0 Å². The number of rotatable bonds is 4. The molecule has 0 bridgehead atoms. The van der Waals surface area contributed by atoms with E-state index in [-0.39, 0.29) is 24.2 Å². The highest BCUT2D eigenvalue weighted by Gasteiger charge is 2.28. The summed E-state index contributed by atoms with van der Waals surface area (Å²) in [4.78, 5) is 23.7. The van der Waals surface area contributed by atoms with E-state index in [9.17, 15) is 14.8 Å². The van der Waals surface area contributed by atoms with Gasteiger partial charge in [-0.1, -0.05) is 26.7 Å². The largest absolute Gasteiger partial charge is 0.618 e. The van der Waals surface area contributed by atoms with Crippen LogP contribution in [0.15, 0.2) is 24.4 Å². The Bertz CT molecular complexity index is 547. The first-order valence-electron chi connectivity index (χ1n) is 7.63. The van der Waals surface area contributed by atoms with Crippen molar-refractivity contribution in [2.75, 3.05) is 6.61 Å². The van der Waals surface area contributed by atoms with Crippen molar-refractivity contribution in [3.05, 3.63) is 35.3 Å². The molecule has 0 saturated heterocycles. The second-order valence-electron chi connectivity index (χ2n) is 5.93. The minimum Gasteiger partial charge on any atom is -0.618 e. The minimum absolute atomic E-state index is 0.121. The quantitative estimate of drug-likeness (QED) is 0.518. The van der Waals surface area contributed by atoms with Crippen molar-refractivity contribution >= 4 is 11.9 Å². The zero-order chi connectivity index (χ0) is 16.1.